The Bertz CT molecular complexity index is 343. The van der Waals surface area contributed by atoms with Gasteiger partial charge < -0.3 is 10.4 Å². The highest BCUT2D eigenvalue weighted by atomic mass is 16.4. The van der Waals surface area contributed by atoms with Crippen molar-refractivity contribution in [1.29, 1.82) is 0 Å². The number of carbonyl (C=O) groups is 2. The van der Waals surface area contributed by atoms with Crippen LogP contribution in [-0.4, -0.2) is 23.0 Å². The van der Waals surface area contributed by atoms with Gasteiger partial charge >= 0.3 is 5.97 Å². The maximum Gasteiger partial charge on any atom is 0.307 e. The lowest BCUT2D eigenvalue weighted by molar-refractivity contribution is -0.146. The molecular formula is C17H31NO3. The molecule has 21 heavy (non-hydrogen) atoms. The van der Waals surface area contributed by atoms with Crippen LogP contribution in [0.15, 0.2) is 0 Å². The van der Waals surface area contributed by atoms with Crippen molar-refractivity contribution in [3.05, 3.63) is 0 Å². The third kappa shape index (κ3) is 5.68. The molecule has 4 heteroatoms. The van der Waals surface area contributed by atoms with Crippen LogP contribution in [0.4, 0.5) is 0 Å². The van der Waals surface area contributed by atoms with E-state index >= 15 is 0 Å². The molecule has 1 amide bonds. The van der Waals surface area contributed by atoms with E-state index in [1.807, 2.05) is 6.92 Å². The molecule has 4 unspecified atom stereocenters. The average Bonchev–Trinajstić information content (AvgIpc) is 2.88. The Hall–Kier alpha value is -1.06. The third-order valence-electron chi connectivity index (χ3n) is 4.77. The summed E-state index contributed by atoms with van der Waals surface area (Å²) in [6.45, 7) is 6.27. The largest absolute Gasteiger partial charge is 0.481 e. The summed E-state index contributed by atoms with van der Waals surface area (Å²) in [5.41, 5.74) is 0. The molecule has 0 aromatic carbocycles. The Labute approximate surface area is 128 Å². The zero-order valence-corrected chi connectivity index (χ0v) is 13.7. The van der Waals surface area contributed by atoms with Gasteiger partial charge in [-0.1, -0.05) is 46.0 Å². The van der Waals surface area contributed by atoms with Crippen LogP contribution in [0.1, 0.15) is 72.1 Å². The number of carbonyl (C=O) groups excluding carboxylic acids is 1. The lowest BCUT2D eigenvalue weighted by Crippen LogP contribution is -2.40. The SMILES string of the molecule is CCCCCCC(C)NC(=O)C1CC(CC)CC1C(=O)O. The molecule has 0 aromatic heterocycles. The third-order valence-corrected chi connectivity index (χ3v) is 4.77. The lowest BCUT2D eigenvalue weighted by atomic mass is 9.95. The van der Waals surface area contributed by atoms with E-state index in [0.29, 0.717) is 12.3 Å². The molecule has 2 N–H and O–H groups in total. The average molecular weight is 297 g/mol. The van der Waals surface area contributed by atoms with Crippen molar-refractivity contribution in [1.82, 2.24) is 5.32 Å². The van der Waals surface area contributed by atoms with E-state index in [4.69, 9.17) is 0 Å². The van der Waals surface area contributed by atoms with E-state index in [1.165, 1.54) is 19.3 Å². The van der Waals surface area contributed by atoms with E-state index in [9.17, 15) is 14.7 Å². The molecule has 122 valence electrons. The zero-order valence-electron chi connectivity index (χ0n) is 13.7. The standard InChI is InChI=1S/C17H31NO3/c1-4-6-7-8-9-12(3)18-16(19)14-10-13(5-2)11-15(14)17(20)21/h12-15H,4-11H2,1-3H3,(H,18,19)(H,20,21). The minimum atomic E-state index is -0.818. The summed E-state index contributed by atoms with van der Waals surface area (Å²) in [4.78, 5) is 23.7. The molecule has 0 heterocycles. The van der Waals surface area contributed by atoms with Crippen LogP contribution >= 0.6 is 0 Å². The quantitative estimate of drug-likeness (QED) is 0.639. The minimum Gasteiger partial charge on any atom is -0.481 e. The number of hydrogen-bond acceptors (Lipinski definition) is 2. The molecule has 0 aromatic rings. The normalized spacial score (nSPS) is 26.5. The number of aliphatic carboxylic acids is 1. The van der Waals surface area contributed by atoms with Crippen molar-refractivity contribution in [2.24, 2.45) is 17.8 Å². The van der Waals surface area contributed by atoms with Crippen LogP contribution in [0.3, 0.4) is 0 Å². The Morgan fingerprint density at radius 1 is 1.14 bits per heavy atom. The van der Waals surface area contributed by atoms with Gasteiger partial charge in [-0.15, -0.1) is 0 Å². The second-order valence-corrected chi connectivity index (χ2v) is 6.56. The van der Waals surface area contributed by atoms with Crippen molar-refractivity contribution < 1.29 is 14.7 Å². The molecule has 4 atom stereocenters. The summed E-state index contributed by atoms with van der Waals surface area (Å²) in [5, 5.41) is 12.3. The van der Waals surface area contributed by atoms with Gasteiger partial charge in [-0.25, -0.2) is 0 Å². The summed E-state index contributed by atoms with van der Waals surface area (Å²) in [6, 6.07) is 0.143. The number of carboxylic acid groups (broad SMARTS) is 1. The maximum atomic E-state index is 12.3. The molecule has 0 spiro atoms. The highest BCUT2D eigenvalue weighted by molar-refractivity contribution is 5.85. The molecule has 1 rings (SSSR count). The first-order valence-corrected chi connectivity index (χ1v) is 8.52. The fourth-order valence-electron chi connectivity index (χ4n) is 3.34. The monoisotopic (exact) mass is 297 g/mol. The Kier molecular flexibility index (Phi) is 7.76. The van der Waals surface area contributed by atoms with Crippen molar-refractivity contribution in [3.8, 4) is 0 Å². The van der Waals surface area contributed by atoms with Crippen LogP contribution in [0, 0.1) is 17.8 Å². The van der Waals surface area contributed by atoms with E-state index in [1.54, 1.807) is 0 Å². The topological polar surface area (TPSA) is 66.4 Å². The smallest absolute Gasteiger partial charge is 0.307 e. The summed E-state index contributed by atoms with van der Waals surface area (Å²) >= 11 is 0. The van der Waals surface area contributed by atoms with E-state index in [2.05, 4.69) is 19.2 Å². The van der Waals surface area contributed by atoms with Crippen molar-refractivity contribution in [2.75, 3.05) is 0 Å². The molecule has 4 nitrogen and oxygen atoms in total. The Balaban J connectivity index is 2.43. The number of nitrogens with one attached hydrogen (secondary N) is 1. The molecule has 1 aliphatic rings. The van der Waals surface area contributed by atoms with Gasteiger partial charge in [-0.2, -0.15) is 0 Å². The van der Waals surface area contributed by atoms with Crippen molar-refractivity contribution in [2.45, 2.75) is 78.2 Å². The van der Waals surface area contributed by atoms with Gasteiger partial charge in [-0.05, 0) is 32.1 Å². The molecule has 0 saturated heterocycles. The Morgan fingerprint density at radius 2 is 1.81 bits per heavy atom. The fraction of sp³-hybridized carbons (Fsp3) is 0.882. The van der Waals surface area contributed by atoms with Gasteiger partial charge in [0.05, 0.1) is 11.8 Å². The van der Waals surface area contributed by atoms with Crippen LogP contribution < -0.4 is 5.32 Å². The van der Waals surface area contributed by atoms with Crippen molar-refractivity contribution in [3.63, 3.8) is 0 Å². The predicted octanol–water partition coefficient (Wildman–Crippen LogP) is 3.60. The first-order valence-electron chi connectivity index (χ1n) is 8.52. The molecular weight excluding hydrogens is 266 g/mol. The predicted molar refractivity (Wildman–Crippen MR) is 84.0 cm³/mol. The van der Waals surface area contributed by atoms with Gasteiger partial charge in [0.2, 0.25) is 5.91 Å². The number of unbranched alkanes of at least 4 members (excludes halogenated alkanes) is 3. The minimum absolute atomic E-state index is 0.0543. The van der Waals surface area contributed by atoms with Crippen LogP contribution in [0.2, 0.25) is 0 Å². The van der Waals surface area contributed by atoms with Gasteiger partial charge in [0.25, 0.3) is 0 Å². The first kappa shape index (κ1) is 18.0. The van der Waals surface area contributed by atoms with E-state index in [-0.39, 0.29) is 17.9 Å². The summed E-state index contributed by atoms with van der Waals surface area (Å²) in [7, 11) is 0. The fourth-order valence-corrected chi connectivity index (χ4v) is 3.34. The number of hydrogen-bond donors (Lipinski definition) is 2. The molecule has 0 radical (unpaired) electrons. The second-order valence-electron chi connectivity index (χ2n) is 6.56. The molecule has 1 fully saturated rings. The number of carboxylic acids is 1. The molecule has 1 saturated carbocycles. The summed E-state index contributed by atoms with van der Waals surface area (Å²) in [6.07, 6.45) is 8.09. The highest BCUT2D eigenvalue weighted by Gasteiger charge is 2.42. The van der Waals surface area contributed by atoms with Gasteiger partial charge in [0, 0.05) is 6.04 Å². The number of rotatable bonds is 9. The van der Waals surface area contributed by atoms with Crippen LogP contribution in [0.5, 0.6) is 0 Å². The number of amides is 1. The first-order chi connectivity index (χ1) is 9.99. The van der Waals surface area contributed by atoms with Gasteiger partial charge in [-0.3, -0.25) is 9.59 Å². The van der Waals surface area contributed by atoms with E-state index < -0.39 is 11.9 Å². The Morgan fingerprint density at radius 3 is 2.38 bits per heavy atom. The van der Waals surface area contributed by atoms with E-state index in [0.717, 1.165) is 25.7 Å². The zero-order chi connectivity index (χ0) is 15.8. The van der Waals surface area contributed by atoms with Gasteiger partial charge in [0.1, 0.15) is 0 Å². The van der Waals surface area contributed by atoms with Gasteiger partial charge in [0.15, 0.2) is 0 Å². The summed E-state index contributed by atoms with van der Waals surface area (Å²) in [5.74, 6) is -1.34. The van der Waals surface area contributed by atoms with Crippen molar-refractivity contribution >= 4 is 11.9 Å². The molecule has 0 bridgehead atoms. The molecule has 1 aliphatic carbocycles. The summed E-state index contributed by atoms with van der Waals surface area (Å²) < 4.78 is 0. The van der Waals surface area contributed by atoms with Crippen LogP contribution in [-0.2, 0) is 9.59 Å². The highest BCUT2D eigenvalue weighted by Crippen LogP contribution is 2.38. The van der Waals surface area contributed by atoms with Crippen LogP contribution in [0.25, 0.3) is 0 Å². The second kappa shape index (κ2) is 9.06. The molecule has 0 aliphatic heterocycles. The maximum absolute atomic E-state index is 12.3. The lowest BCUT2D eigenvalue weighted by Gasteiger charge is -2.19.